The molecule has 1 aliphatic heterocycles. The fraction of sp³-hybridized carbons (Fsp3) is 0.111. The van der Waals surface area contributed by atoms with Gasteiger partial charge in [-0.1, -0.05) is 54.6 Å². The summed E-state index contributed by atoms with van der Waals surface area (Å²) >= 11 is 0. The van der Waals surface area contributed by atoms with Crippen LogP contribution in [0.2, 0.25) is 0 Å². The molecule has 0 N–H and O–H groups in total. The Kier molecular flexibility index (Phi) is 2.31. The van der Waals surface area contributed by atoms with Crippen LogP contribution in [0.25, 0.3) is 10.8 Å². The van der Waals surface area contributed by atoms with Crippen molar-refractivity contribution in [3.8, 4) is 5.75 Å². The number of rotatable bonds is 1. The van der Waals surface area contributed by atoms with E-state index in [0.717, 1.165) is 12.2 Å². The Hall–Kier alpha value is -2.28. The fourth-order valence-electron chi connectivity index (χ4n) is 2.78. The molecule has 0 aliphatic carbocycles. The molecule has 0 radical (unpaired) electrons. The molecule has 0 saturated heterocycles. The largest absolute Gasteiger partial charge is 0.485 e. The van der Waals surface area contributed by atoms with Gasteiger partial charge in [0.15, 0.2) is 0 Å². The summed E-state index contributed by atoms with van der Waals surface area (Å²) in [6.45, 7) is 0. The van der Waals surface area contributed by atoms with Crippen LogP contribution in [-0.4, -0.2) is 0 Å². The molecule has 1 atom stereocenters. The van der Waals surface area contributed by atoms with Crippen molar-refractivity contribution in [1.82, 2.24) is 0 Å². The van der Waals surface area contributed by atoms with Crippen molar-refractivity contribution < 1.29 is 4.74 Å². The van der Waals surface area contributed by atoms with Crippen molar-refractivity contribution in [1.29, 1.82) is 0 Å². The average molecular weight is 246 g/mol. The maximum Gasteiger partial charge on any atom is 0.128 e. The number of para-hydroxylation sites is 1. The van der Waals surface area contributed by atoms with Crippen LogP contribution in [-0.2, 0) is 6.42 Å². The summed E-state index contributed by atoms with van der Waals surface area (Å²) in [5.74, 6) is 1.03. The summed E-state index contributed by atoms with van der Waals surface area (Å²) in [7, 11) is 0. The van der Waals surface area contributed by atoms with Gasteiger partial charge in [0, 0.05) is 6.42 Å². The molecule has 1 unspecified atom stereocenters. The first-order valence-corrected chi connectivity index (χ1v) is 6.63. The zero-order valence-electron chi connectivity index (χ0n) is 10.5. The molecule has 92 valence electrons. The highest BCUT2D eigenvalue weighted by Gasteiger charge is 2.23. The lowest BCUT2D eigenvalue weighted by Gasteiger charge is -2.11. The van der Waals surface area contributed by atoms with Crippen molar-refractivity contribution in [2.75, 3.05) is 0 Å². The van der Waals surface area contributed by atoms with Gasteiger partial charge >= 0.3 is 0 Å². The van der Waals surface area contributed by atoms with Gasteiger partial charge < -0.3 is 4.74 Å². The smallest absolute Gasteiger partial charge is 0.128 e. The van der Waals surface area contributed by atoms with Gasteiger partial charge in [-0.3, -0.25) is 0 Å². The molecule has 0 spiro atoms. The molecule has 0 amide bonds. The van der Waals surface area contributed by atoms with E-state index in [1.807, 2.05) is 6.07 Å². The average Bonchev–Trinajstić information content (AvgIpc) is 2.90. The highest BCUT2D eigenvalue weighted by Crippen LogP contribution is 2.36. The molecule has 1 aliphatic rings. The van der Waals surface area contributed by atoms with E-state index >= 15 is 0 Å². The maximum atomic E-state index is 6.04. The Morgan fingerprint density at radius 3 is 2.47 bits per heavy atom. The van der Waals surface area contributed by atoms with Gasteiger partial charge in [0.25, 0.3) is 0 Å². The van der Waals surface area contributed by atoms with E-state index in [-0.39, 0.29) is 6.10 Å². The Balaban J connectivity index is 1.73. The molecule has 19 heavy (non-hydrogen) atoms. The van der Waals surface area contributed by atoms with Gasteiger partial charge in [-0.05, 0) is 34.0 Å². The molecule has 4 rings (SSSR count). The minimum Gasteiger partial charge on any atom is -0.485 e. The first-order valence-electron chi connectivity index (χ1n) is 6.63. The molecule has 0 saturated carbocycles. The van der Waals surface area contributed by atoms with Crippen LogP contribution in [0.15, 0.2) is 66.7 Å². The summed E-state index contributed by atoms with van der Waals surface area (Å²) in [4.78, 5) is 0. The monoisotopic (exact) mass is 246 g/mol. The third-order valence-corrected chi connectivity index (χ3v) is 3.79. The Bertz CT molecular complexity index is 720. The van der Waals surface area contributed by atoms with Crippen molar-refractivity contribution in [2.45, 2.75) is 12.5 Å². The molecule has 0 bridgehead atoms. The third-order valence-electron chi connectivity index (χ3n) is 3.79. The van der Waals surface area contributed by atoms with Gasteiger partial charge in [-0.25, -0.2) is 0 Å². The van der Waals surface area contributed by atoms with Gasteiger partial charge in [-0.2, -0.15) is 0 Å². The first-order chi connectivity index (χ1) is 9.40. The minimum atomic E-state index is 0.155. The lowest BCUT2D eigenvalue weighted by molar-refractivity contribution is 0.239. The summed E-state index contributed by atoms with van der Waals surface area (Å²) in [5.41, 5.74) is 2.57. The van der Waals surface area contributed by atoms with Gasteiger partial charge in [0.2, 0.25) is 0 Å². The SMILES string of the molecule is c1ccc2c(c1)CC(c1ccc3ccccc3c1)O2. The van der Waals surface area contributed by atoms with Crippen molar-refractivity contribution >= 4 is 10.8 Å². The standard InChI is InChI=1S/C18H14O/c1-2-6-14-11-16(10-9-13(14)5-1)18-12-15-7-3-4-8-17(15)19-18/h1-11,18H,12H2. The van der Waals surface area contributed by atoms with E-state index in [0.29, 0.717) is 0 Å². The van der Waals surface area contributed by atoms with Crippen molar-refractivity contribution in [3.63, 3.8) is 0 Å². The molecular formula is C18H14O. The van der Waals surface area contributed by atoms with Crippen LogP contribution in [0, 0.1) is 0 Å². The van der Waals surface area contributed by atoms with E-state index in [9.17, 15) is 0 Å². The van der Waals surface area contributed by atoms with Gasteiger partial charge in [-0.15, -0.1) is 0 Å². The molecule has 1 heterocycles. The molecule has 1 nitrogen and oxygen atoms in total. The molecular weight excluding hydrogens is 232 g/mol. The summed E-state index contributed by atoms with van der Waals surface area (Å²) in [6.07, 6.45) is 1.12. The lowest BCUT2D eigenvalue weighted by atomic mass is 10.0. The lowest BCUT2D eigenvalue weighted by Crippen LogP contribution is -2.02. The van der Waals surface area contributed by atoms with Crippen LogP contribution < -0.4 is 4.74 Å². The quantitative estimate of drug-likeness (QED) is 0.613. The van der Waals surface area contributed by atoms with Crippen LogP contribution in [0.4, 0.5) is 0 Å². The highest BCUT2D eigenvalue weighted by molar-refractivity contribution is 5.83. The fourth-order valence-corrected chi connectivity index (χ4v) is 2.78. The second-order valence-corrected chi connectivity index (χ2v) is 5.02. The third kappa shape index (κ3) is 1.78. The number of fused-ring (bicyclic) bond motifs is 2. The summed E-state index contributed by atoms with van der Waals surface area (Å²) in [6, 6.07) is 23.4. The summed E-state index contributed by atoms with van der Waals surface area (Å²) in [5, 5.41) is 2.56. The number of ether oxygens (including phenoxy) is 1. The summed E-state index contributed by atoms with van der Waals surface area (Å²) < 4.78 is 6.04. The molecule has 0 fully saturated rings. The van der Waals surface area contributed by atoms with Gasteiger partial charge in [0.1, 0.15) is 11.9 Å². The van der Waals surface area contributed by atoms with E-state index in [1.165, 1.54) is 21.9 Å². The van der Waals surface area contributed by atoms with Crippen LogP contribution in [0.3, 0.4) is 0 Å². The minimum absolute atomic E-state index is 0.155. The Morgan fingerprint density at radius 2 is 1.58 bits per heavy atom. The maximum absolute atomic E-state index is 6.04. The van der Waals surface area contributed by atoms with Crippen LogP contribution >= 0.6 is 0 Å². The normalized spacial score (nSPS) is 17.2. The van der Waals surface area contributed by atoms with E-state index in [1.54, 1.807) is 0 Å². The zero-order chi connectivity index (χ0) is 12.7. The molecule has 3 aromatic rings. The second kappa shape index (κ2) is 4.13. The number of hydrogen-bond donors (Lipinski definition) is 0. The predicted octanol–water partition coefficient (Wildman–Crippen LogP) is 4.52. The zero-order valence-corrected chi connectivity index (χ0v) is 10.5. The number of hydrogen-bond acceptors (Lipinski definition) is 1. The van der Waals surface area contributed by atoms with E-state index < -0.39 is 0 Å². The molecule has 1 heteroatoms. The number of benzene rings is 3. The van der Waals surface area contributed by atoms with Gasteiger partial charge in [0.05, 0.1) is 0 Å². The molecule has 0 aromatic heterocycles. The topological polar surface area (TPSA) is 9.23 Å². The Morgan fingerprint density at radius 1 is 0.789 bits per heavy atom. The predicted molar refractivity (Wildman–Crippen MR) is 77.5 cm³/mol. The van der Waals surface area contributed by atoms with Crippen LogP contribution in [0.1, 0.15) is 17.2 Å². The van der Waals surface area contributed by atoms with Crippen molar-refractivity contribution in [3.05, 3.63) is 77.9 Å². The van der Waals surface area contributed by atoms with Crippen LogP contribution in [0.5, 0.6) is 5.75 Å². The second-order valence-electron chi connectivity index (χ2n) is 5.02. The molecule has 3 aromatic carbocycles. The Labute approximate surface area is 112 Å². The van der Waals surface area contributed by atoms with Crippen molar-refractivity contribution in [2.24, 2.45) is 0 Å². The highest BCUT2D eigenvalue weighted by atomic mass is 16.5. The van der Waals surface area contributed by atoms with E-state index in [2.05, 4.69) is 60.7 Å². The van der Waals surface area contributed by atoms with E-state index in [4.69, 9.17) is 4.74 Å². The first kappa shape index (κ1) is 10.6.